The van der Waals surface area contributed by atoms with Crippen LogP contribution in [0.2, 0.25) is 0 Å². The van der Waals surface area contributed by atoms with E-state index in [-0.39, 0.29) is 6.61 Å². The van der Waals surface area contributed by atoms with E-state index in [1.807, 2.05) is 6.07 Å². The summed E-state index contributed by atoms with van der Waals surface area (Å²) in [5.41, 5.74) is 2.05. The van der Waals surface area contributed by atoms with Crippen LogP contribution in [0.5, 0.6) is 0 Å². The van der Waals surface area contributed by atoms with Crippen molar-refractivity contribution in [2.75, 3.05) is 6.61 Å². The predicted octanol–water partition coefficient (Wildman–Crippen LogP) is 2.05. The Morgan fingerprint density at radius 2 is 1.73 bits per heavy atom. The van der Waals surface area contributed by atoms with Crippen LogP contribution < -0.4 is 0 Å². The summed E-state index contributed by atoms with van der Waals surface area (Å²) in [6.45, 7) is 5.50. The Hall–Kier alpha value is -1.64. The van der Waals surface area contributed by atoms with E-state index >= 15 is 0 Å². The highest BCUT2D eigenvalue weighted by molar-refractivity contribution is 6.41. The maximum atomic E-state index is 11.7. The second-order valence-corrected chi connectivity index (χ2v) is 3.32. The van der Waals surface area contributed by atoms with E-state index < -0.39 is 11.8 Å². The molecule has 0 aliphatic heterocycles. The molecule has 0 radical (unpaired) electrons. The Morgan fingerprint density at radius 3 is 2.20 bits per heavy atom. The molecule has 0 amide bonds. The lowest BCUT2D eigenvalue weighted by atomic mass is 9.99. The zero-order valence-corrected chi connectivity index (χ0v) is 9.16. The molecule has 0 aliphatic rings. The number of Topliss-reactive ketones (excluding diaryl/α,β-unsaturated/α-hetero) is 1. The van der Waals surface area contributed by atoms with Gasteiger partial charge in [-0.05, 0) is 31.9 Å². The van der Waals surface area contributed by atoms with Crippen molar-refractivity contribution >= 4 is 11.8 Å². The molecule has 0 bridgehead atoms. The number of carbonyl (C=O) groups excluding carboxylic acids is 2. The molecule has 1 aromatic carbocycles. The van der Waals surface area contributed by atoms with Gasteiger partial charge in [-0.3, -0.25) is 4.79 Å². The van der Waals surface area contributed by atoms with Gasteiger partial charge < -0.3 is 4.74 Å². The van der Waals surface area contributed by atoms with Crippen molar-refractivity contribution in [1.29, 1.82) is 0 Å². The number of esters is 1. The van der Waals surface area contributed by atoms with Crippen molar-refractivity contribution in [3.63, 3.8) is 0 Å². The van der Waals surface area contributed by atoms with E-state index in [1.54, 1.807) is 32.9 Å². The summed E-state index contributed by atoms with van der Waals surface area (Å²) in [5, 5.41) is 0. The highest BCUT2D eigenvalue weighted by Gasteiger charge is 2.20. The first kappa shape index (κ1) is 11.4. The molecular formula is C12H14O3. The molecule has 3 heteroatoms. The van der Waals surface area contributed by atoms with Gasteiger partial charge in [-0.15, -0.1) is 0 Å². The molecule has 0 saturated carbocycles. The van der Waals surface area contributed by atoms with Gasteiger partial charge in [-0.25, -0.2) is 4.79 Å². The topological polar surface area (TPSA) is 43.4 Å². The van der Waals surface area contributed by atoms with Crippen molar-refractivity contribution in [2.24, 2.45) is 0 Å². The number of aryl methyl sites for hydroxylation is 2. The average molecular weight is 206 g/mol. The monoisotopic (exact) mass is 206 g/mol. The number of ketones is 1. The third-order valence-corrected chi connectivity index (χ3v) is 2.17. The molecule has 0 fully saturated rings. The summed E-state index contributed by atoms with van der Waals surface area (Å²) in [6, 6.07) is 5.46. The lowest BCUT2D eigenvalue weighted by Crippen LogP contribution is -2.19. The van der Waals surface area contributed by atoms with Crippen LogP contribution in [0.15, 0.2) is 18.2 Å². The van der Waals surface area contributed by atoms with Gasteiger partial charge in [0, 0.05) is 5.56 Å². The molecule has 3 nitrogen and oxygen atoms in total. The molecule has 0 spiro atoms. The quantitative estimate of drug-likeness (QED) is 0.432. The highest BCUT2D eigenvalue weighted by atomic mass is 16.5. The number of ether oxygens (including phenoxy) is 1. The van der Waals surface area contributed by atoms with Gasteiger partial charge in [0.25, 0.3) is 5.78 Å². The first-order valence-electron chi connectivity index (χ1n) is 4.85. The molecule has 1 aromatic rings. The summed E-state index contributed by atoms with van der Waals surface area (Å²) in [5.74, 6) is -1.35. The van der Waals surface area contributed by atoms with Gasteiger partial charge >= 0.3 is 5.97 Å². The van der Waals surface area contributed by atoms with Crippen LogP contribution >= 0.6 is 0 Å². The van der Waals surface area contributed by atoms with Crippen LogP contribution in [0, 0.1) is 13.8 Å². The molecule has 0 saturated heterocycles. The number of benzene rings is 1. The third-order valence-electron chi connectivity index (χ3n) is 2.17. The van der Waals surface area contributed by atoms with Crippen LogP contribution in [0.1, 0.15) is 28.4 Å². The lowest BCUT2D eigenvalue weighted by Gasteiger charge is -2.07. The fourth-order valence-corrected chi connectivity index (χ4v) is 1.47. The standard InChI is InChI=1S/C12H14O3/c1-4-15-12(14)11(13)10-8(2)6-5-7-9(10)3/h5-7H,4H2,1-3H3. The summed E-state index contributed by atoms with van der Waals surface area (Å²) < 4.78 is 4.68. The number of hydrogen-bond donors (Lipinski definition) is 0. The Balaban J connectivity index is 3.06. The highest BCUT2D eigenvalue weighted by Crippen LogP contribution is 2.14. The van der Waals surface area contributed by atoms with E-state index in [9.17, 15) is 9.59 Å². The second kappa shape index (κ2) is 4.73. The van der Waals surface area contributed by atoms with Crippen molar-refractivity contribution in [3.8, 4) is 0 Å². The number of carbonyl (C=O) groups is 2. The SMILES string of the molecule is CCOC(=O)C(=O)c1c(C)cccc1C. The summed E-state index contributed by atoms with van der Waals surface area (Å²) in [6.07, 6.45) is 0. The maximum Gasteiger partial charge on any atom is 0.379 e. The third kappa shape index (κ3) is 2.43. The summed E-state index contributed by atoms with van der Waals surface area (Å²) >= 11 is 0. The Morgan fingerprint density at radius 1 is 1.20 bits per heavy atom. The molecular weight excluding hydrogens is 192 g/mol. The zero-order valence-electron chi connectivity index (χ0n) is 9.16. The van der Waals surface area contributed by atoms with E-state index in [0.29, 0.717) is 5.56 Å². The van der Waals surface area contributed by atoms with Gasteiger partial charge in [0.1, 0.15) is 0 Å². The number of hydrogen-bond acceptors (Lipinski definition) is 3. The van der Waals surface area contributed by atoms with Crippen molar-refractivity contribution < 1.29 is 14.3 Å². The molecule has 0 unspecified atom stereocenters. The van der Waals surface area contributed by atoms with Crippen LogP contribution in [0.3, 0.4) is 0 Å². The largest absolute Gasteiger partial charge is 0.460 e. The van der Waals surface area contributed by atoms with Crippen molar-refractivity contribution in [1.82, 2.24) is 0 Å². The Labute approximate surface area is 89.1 Å². The van der Waals surface area contributed by atoms with Crippen molar-refractivity contribution in [3.05, 3.63) is 34.9 Å². The minimum absolute atomic E-state index is 0.218. The van der Waals surface area contributed by atoms with Gasteiger partial charge in [-0.1, -0.05) is 18.2 Å². The van der Waals surface area contributed by atoms with Gasteiger partial charge in [0.05, 0.1) is 6.61 Å². The van der Waals surface area contributed by atoms with Gasteiger partial charge in [0.15, 0.2) is 0 Å². The smallest absolute Gasteiger partial charge is 0.379 e. The minimum atomic E-state index is -0.782. The first-order valence-corrected chi connectivity index (χ1v) is 4.85. The predicted molar refractivity (Wildman–Crippen MR) is 56.9 cm³/mol. The van der Waals surface area contributed by atoms with E-state index in [0.717, 1.165) is 11.1 Å². The van der Waals surface area contributed by atoms with Crippen LogP contribution in [0.25, 0.3) is 0 Å². The maximum absolute atomic E-state index is 11.7. The summed E-state index contributed by atoms with van der Waals surface area (Å²) in [7, 11) is 0. The van der Waals surface area contributed by atoms with E-state index in [1.165, 1.54) is 0 Å². The van der Waals surface area contributed by atoms with Gasteiger partial charge in [0.2, 0.25) is 0 Å². The Bertz CT molecular complexity index is 374. The second-order valence-electron chi connectivity index (χ2n) is 3.32. The molecule has 0 heterocycles. The molecule has 0 aliphatic carbocycles. The first-order chi connectivity index (χ1) is 7.07. The van der Waals surface area contributed by atoms with E-state index in [2.05, 4.69) is 4.74 Å². The fraction of sp³-hybridized carbons (Fsp3) is 0.333. The van der Waals surface area contributed by atoms with Crippen molar-refractivity contribution in [2.45, 2.75) is 20.8 Å². The Kier molecular flexibility index (Phi) is 3.61. The minimum Gasteiger partial charge on any atom is -0.460 e. The van der Waals surface area contributed by atoms with Gasteiger partial charge in [-0.2, -0.15) is 0 Å². The summed E-state index contributed by atoms with van der Waals surface area (Å²) in [4.78, 5) is 23.0. The van der Waals surface area contributed by atoms with Crippen LogP contribution in [0.4, 0.5) is 0 Å². The van der Waals surface area contributed by atoms with Crippen LogP contribution in [-0.4, -0.2) is 18.4 Å². The molecule has 80 valence electrons. The zero-order chi connectivity index (χ0) is 11.4. The molecule has 0 aromatic heterocycles. The van der Waals surface area contributed by atoms with E-state index in [4.69, 9.17) is 0 Å². The molecule has 15 heavy (non-hydrogen) atoms. The fourth-order valence-electron chi connectivity index (χ4n) is 1.47. The molecule has 0 atom stereocenters. The van der Waals surface area contributed by atoms with Crippen LogP contribution in [-0.2, 0) is 9.53 Å². The molecule has 1 rings (SSSR count). The average Bonchev–Trinajstić information content (AvgIpc) is 2.17. The number of rotatable bonds is 3. The normalized spacial score (nSPS) is 9.80. The molecule has 0 N–H and O–H groups in total. The lowest BCUT2D eigenvalue weighted by molar-refractivity contribution is -0.137.